The lowest BCUT2D eigenvalue weighted by Crippen LogP contribution is -2.47. The molecule has 0 saturated carbocycles. The summed E-state index contributed by atoms with van der Waals surface area (Å²) in [4.78, 5) is 12.8. The second-order valence-electron chi connectivity index (χ2n) is 7.68. The van der Waals surface area contributed by atoms with Crippen molar-refractivity contribution in [1.29, 1.82) is 0 Å². The molecule has 0 aliphatic carbocycles. The first-order chi connectivity index (χ1) is 15.6. The van der Waals surface area contributed by atoms with Gasteiger partial charge in [0, 0.05) is 23.9 Å². The van der Waals surface area contributed by atoms with E-state index < -0.39 is 36.0 Å². The van der Waals surface area contributed by atoms with E-state index in [1.165, 1.54) is 18.4 Å². The number of amides is 1. The fraction of sp³-hybridized carbons (Fsp3) is 0.318. The molecule has 0 spiro atoms. The summed E-state index contributed by atoms with van der Waals surface area (Å²) in [6.07, 6.45) is 0.473. The van der Waals surface area contributed by atoms with Crippen LogP contribution in [0, 0.1) is 13.8 Å². The van der Waals surface area contributed by atoms with Gasteiger partial charge in [0.1, 0.15) is 11.8 Å². The van der Waals surface area contributed by atoms with Gasteiger partial charge >= 0.3 is 7.32 Å². The highest BCUT2D eigenvalue weighted by atomic mass is 32.2. The summed E-state index contributed by atoms with van der Waals surface area (Å²) in [5.74, 6) is -0.651. The van der Waals surface area contributed by atoms with Crippen molar-refractivity contribution >= 4 is 34.2 Å². The Bertz CT molecular complexity index is 1210. The van der Waals surface area contributed by atoms with Crippen LogP contribution in [0.1, 0.15) is 23.6 Å². The first kappa shape index (κ1) is 24.9. The summed E-state index contributed by atoms with van der Waals surface area (Å²) in [6, 6.07) is 12.0. The Morgan fingerprint density at radius 2 is 1.88 bits per heavy atom. The number of hydrogen-bond donors (Lipinski definition) is 3. The van der Waals surface area contributed by atoms with E-state index in [0.717, 1.165) is 20.8 Å². The topological polar surface area (TPSA) is 129 Å². The number of hydrogen-bond acceptors (Lipinski definition) is 7. The Balaban J connectivity index is 1.75. The van der Waals surface area contributed by atoms with Gasteiger partial charge in [-0.1, -0.05) is 42.8 Å². The van der Waals surface area contributed by atoms with Crippen LogP contribution in [-0.4, -0.2) is 55.3 Å². The van der Waals surface area contributed by atoms with E-state index in [1.54, 1.807) is 19.1 Å². The maximum atomic E-state index is 12.9. The normalized spacial score (nSPS) is 12.8. The highest BCUT2D eigenvalue weighted by Crippen LogP contribution is 2.25. The molecule has 33 heavy (non-hydrogen) atoms. The number of nitrogens with zero attached hydrogens (tertiary/aromatic N) is 1. The molecule has 0 unspecified atom stereocenters. The summed E-state index contributed by atoms with van der Waals surface area (Å²) < 4.78 is 37.5. The van der Waals surface area contributed by atoms with E-state index in [9.17, 15) is 23.3 Å². The largest absolute Gasteiger partial charge is 0.635 e. The molecule has 176 valence electrons. The first-order valence-electron chi connectivity index (χ1n) is 10.4. The van der Waals surface area contributed by atoms with Gasteiger partial charge in [-0.2, -0.15) is 4.31 Å². The summed E-state index contributed by atoms with van der Waals surface area (Å²) in [6.45, 7) is 4.99. The number of carbonyl (C=O) groups excluding carboxylic acids is 1. The Hall–Kier alpha value is -2.70. The standard InChI is InChI=1S/C22H27BN2O7S/c1-4-25(33(29,30)18-10-8-15(2)9-11-18)13-20(26)24-21(32-23(27)28)12-17-14-31-22-16(3)6-5-7-19(17)22/h5-11,14,21,27-28H,4,12-13H2,1-3H3,(H,24,26)/t21-/m1/s1. The Labute approximate surface area is 193 Å². The molecular formula is C22H27BN2O7S. The predicted octanol–water partition coefficient (Wildman–Crippen LogP) is 1.73. The summed E-state index contributed by atoms with van der Waals surface area (Å²) in [5.41, 5.74) is 3.23. The van der Waals surface area contributed by atoms with Gasteiger partial charge in [0.05, 0.1) is 17.7 Å². The zero-order chi connectivity index (χ0) is 24.2. The van der Waals surface area contributed by atoms with Crippen LogP contribution in [-0.2, 0) is 25.9 Å². The van der Waals surface area contributed by atoms with Crippen LogP contribution in [0.4, 0.5) is 0 Å². The van der Waals surface area contributed by atoms with Crippen molar-refractivity contribution in [2.75, 3.05) is 13.1 Å². The van der Waals surface area contributed by atoms with E-state index in [0.29, 0.717) is 11.1 Å². The first-order valence-corrected chi connectivity index (χ1v) is 11.9. The van der Waals surface area contributed by atoms with E-state index in [4.69, 9.17) is 9.07 Å². The van der Waals surface area contributed by atoms with Crippen molar-refractivity contribution in [2.45, 2.75) is 38.3 Å². The van der Waals surface area contributed by atoms with Crippen LogP contribution in [0.15, 0.2) is 58.0 Å². The molecule has 0 aliphatic rings. The molecule has 3 aromatic rings. The molecule has 1 atom stereocenters. The minimum atomic E-state index is -3.89. The van der Waals surface area contributed by atoms with Gasteiger partial charge in [0.25, 0.3) is 0 Å². The lowest BCUT2D eigenvalue weighted by molar-refractivity contribution is -0.124. The molecule has 11 heteroatoms. The molecule has 0 radical (unpaired) electrons. The third kappa shape index (κ3) is 6.01. The van der Waals surface area contributed by atoms with E-state index in [-0.39, 0.29) is 17.9 Å². The molecule has 0 aliphatic heterocycles. The zero-order valence-electron chi connectivity index (χ0n) is 18.7. The smallest absolute Gasteiger partial charge is 0.464 e. The quantitative estimate of drug-likeness (QED) is 0.302. The van der Waals surface area contributed by atoms with Crippen LogP contribution in [0.5, 0.6) is 0 Å². The fourth-order valence-electron chi connectivity index (χ4n) is 3.50. The zero-order valence-corrected chi connectivity index (χ0v) is 19.5. The maximum Gasteiger partial charge on any atom is 0.635 e. The van der Waals surface area contributed by atoms with Gasteiger partial charge in [-0.05, 0) is 31.5 Å². The third-order valence-corrected chi connectivity index (χ3v) is 7.16. The molecule has 0 bridgehead atoms. The molecule has 1 heterocycles. The predicted molar refractivity (Wildman–Crippen MR) is 123 cm³/mol. The summed E-state index contributed by atoms with van der Waals surface area (Å²) >= 11 is 0. The molecule has 1 amide bonds. The fourth-order valence-corrected chi connectivity index (χ4v) is 4.91. The average Bonchev–Trinajstić information content (AvgIpc) is 3.15. The second kappa shape index (κ2) is 10.5. The number of fused-ring (bicyclic) bond motifs is 1. The number of carbonyl (C=O) groups is 1. The number of furan rings is 1. The van der Waals surface area contributed by atoms with Gasteiger partial charge in [-0.3, -0.25) is 4.79 Å². The third-order valence-electron chi connectivity index (χ3n) is 5.22. The second-order valence-corrected chi connectivity index (χ2v) is 9.62. The van der Waals surface area contributed by atoms with Crippen molar-refractivity contribution in [1.82, 2.24) is 9.62 Å². The number of aryl methyl sites for hydroxylation is 2. The Morgan fingerprint density at radius 1 is 1.18 bits per heavy atom. The van der Waals surface area contributed by atoms with E-state index in [2.05, 4.69) is 5.32 Å². The molecule has 3 rings (SSSR count). The summed E-state index contributed by atoms with van der Waals surface area (Å²) in [7, 11) is -6.02. The molecule has 0 saturated heterocycles. The molecular weight excluding hydrogens is 447 g/mol. The monoisotopic (exact) mass is 474 g/mol. The minimum Gasteiger partial charge on any atom is -0.464 e. The molecule has 3 N–H and O–H groups in total. The number of rotatable bonds is 10. The van der Waals surface area contributed by atoms with Gasteiger partial charge in [0.2, 0.25) is 15.9 Å². The number of nitrogens with one attached hydrogen (secondary N) is 1. The maximum absolute atomic E-state index is 12.9. The molecule has 1 aromatic heterocycles. The number of likely N-dealkylation sites (N-methyl/N-ethyl adjacent to an activating group) is 1. The average molecular weight is 474 g/mol. The van der Waals surface area contributed by atoms with Crippen molar-refractivity contribution in [3.05, 3.63) is 65.4 Å². The lowest BCUT2D eigenvalue weighted by atomic mass is 10.1. The number of para-hydroxylation sites is 1. The van der Waals surface area contributed by atoms with Crippen molar-refractivity contribution < 1.29 is 32.3 Å². The number of sulfonamides is 1. The van der Waals surface area contributed by atoms with E-state index >= 15 is 0 Å². The molecule has 0 fully saturated rings. The number of benzene rings is 2. The minimum absolute atomic E-state index is 0.0728. The van der Waals surface area contributed by atoms with Crippen LogP contribution >= 0.6 is 0 Å². The SMILES string of the molecule is CCN(CC(=O)N[C@@H](Cc1coc2c(C)cccc12)OB(O)O)S(=O)(=O)c1ccc(C)cc1. The van der Waals surface area contributed by atoms with E-state index in [1.807, 2.05) is 32.0 Å². The van der Waals surface area contributed by atoms with Crippen LogP contribution < -0.4 is 5.32 Å². The van der Waals surface area contributed by atoms with Gasteiger partial charge < -0.3 is 24.4 Å². The van der Waals surface area contributed by atoms with Crippen molar-refractivity contribution in [2.24, 2.45) is 0 Å². The molecule has 2 aromatic carbocycles. The van der Waals surface area contributed by atoms with Crippen LogP contribution in [0.3, 0.4) is 0 Å². The highest BCUT2D eigenvalue weighted by molar-refractivity contribution is 7.89. The van der Waals surface area contributed by atoms with Gasteiger partial charge in [-0.15, -0.1) is 0 Å². The Morgan fingerprint density at radius 3 is 2.52 bits per heavy atom. The van der Waals surface area contributed by atoms with Crippen LogP contribution in [0.2, 0.25) is 0 Å². The van der Waals surface area contributed by atoms with Gasteiger partial charge in [-0.25, -0.2) is 8.42 Å². The van der Waals surface area contributed by atoms with Crippen LogP contribution in [0.25, 0.3) is 11.0 Å². The summed E-state index contributed by atoms with van der Waals surface area (Å²) in [5, 5.41) is 21.9. The van der Waals surface area contributed by atoms with Gasteiger partial charge in [0.15, 0.2) is 0 Å². The lowest BCUT2D eigenvalue weighted by Gasteiger charge is -2.23. The van der Waals surface area contributed by atoms with Crippen molar-refractivity contribution in [3.8, 4) is 0 Å². The molecule has 9 nitrogen and oxygen atoms in total. The van der Waals surface area contributed by atoms with Crippen molar-refractivity contribution in [3.63, 3.8) is 0 Å². The highest BCUT2D eigenvalue weighted by Gasteiger charge is 2.28. The Kier molecular flexibility index (Phi) is 7.93.